The molecule has 0 amide bonds. The minimum absolute atomic E-state index is 0.356. The molecule has 0 saturated carbocycles. The van der Waals surface area contributed by atoms with Crippen LogP contribution in [0.15, 0.2) is 18.7 Å². The van der Waals surface area contributed by atoms with Gasteiger partial charge < -0.3 is 0 Å². The van der Waals surface area contributed by atoms with Crippen molar-refractivity contribution in [2.24, 2.45) is 0 Å². The number of aromatic nitrogens is 2. The molecule has 0 atom stereocenters. The van der Waals surface area contributed by atoms with Crippen LogP contribution in [0, 0.1) is 0 Å². The quantitative estimate of drug-likeness (QED) is 0.250. The second kappa shape index (κ2) is 13.5. The number of nitrogens with one attached hydrogen (secondary N) is 1. The number of aromatic amines is 1. The second-order valence-electron chi connectivity index (χ2n) is 7.68. The predicted octanol–water partition coefficient (Wildman–Crippen LogP) is 6.91. The summed E-state index contributed by atoms with van der Waals surface area (Å²) in [5.41, 5.74) is 0.356. The highest BCUT2D eigenvalue weighted by molar-refractivity contribution is 4.76. The van der Waals surface area contributed by atoms with E-state index in [4.69, 9.17) is 0 Å². The van der Waals surface area contributed by atoms with Crippen LogP contribution in [0.1, 0.15) is 117 Å². The molecular weight excluding hydrogens is 292 g/mol. The average molecular weight is 336 g/mol. The van der Waals surface area contributed by atoms with Gasteiger partial charge in [-0.05, 0) is 38.5 Å². The predicted molar refractivity (Wildman–Crippen MR) is 105 cm³/mol. The molecule has 1 rings (SSSR count). The van der Waals surface area contributed by atoms with E-state index in [1.165, 1.54) is 96.3 Å². The Morgan fingerprint density at radius 2 is 1.12 bits per heavy atom. The van der Waals surface area contributed by atoms with E-state index in [9.17, 15) is 0 Å². The van der Waals surface area contributed by atoms with Crippen molar-refractivity contribution in [1.82, 2.24) is 4.98 Å². The molecule has 0 aliphatic carbocycles. The molecule has 24 heavy (non-hydrogen) atoms. The van der Waals surface area contributed by atoms with Crippen molar-refractivity contribution in [3.05, 3.63) is 18.7 Å². The van der Waals surface area contributed by atoms with Gasteiger partial charge in [0.15, 0.2) is 0 Å². The Kier molecular flexibility index (Phi) is 12.0. The van der Waals surface area contributed by atoms with Gasteiger partial charge in [0.05, 0.1) is 0 Å². The molecule has 0 fully saturated rings. The van der Waals surface area contributed by atoms with Crippen LogP contribution in [-0.2, 0) is 5.54 Å². The molecule has 0 aromatic carbocycles. The molecular formula is C22H43N2+. The Morgan fingerprint density at radius 3 is 1.46 bits per heavy atom. The summed E-state index contributed by atoms with van der Waals surface area (Å²) in [7, 11) is 0. The molecule has 0 radical (unpaired) electrons. The first kappa shape index (κ1) is 21.3. The van der Waals surface area contributed by atoms with Crippen molar-refractivity contribution in [2.45, 2.75) is 123 Å². The monoisotopic (exact) mass is 335 g/mol. The number of unbranched alkanes of at least 4 members (excludes halogenated alkanes) is 9. The van der Waals surface area contributed by atoms with E-state index in [-0.39, 0.29) is 0 Å². The van der Waals surface area contributed by atoms with Crippen LogP contribution in [0.4, 0.5) is 0 Å². The number of nitrogens with zero attached hydrogens (tertiary/aromatic N) is 1. The molecule has 1 aromatic heterocycles. The Labute approximate surface area is 151 Å². The highest BCUT2D eigenvalue weighted by Gasteiger charge is 2.34. The fraction of sp³-hybridized carbons (Fsp3) is 0.864. The van der Waals surface area contributed by atoms with E-state index in [1.54, 1.807) is 0 Å². The van der Waals surface area contributed by atoms with E-state index < -0.39 is 0 Å². The summed E-state index contributed by atoms with van der Waals surface area (Å²) < 4.78 is 2.52. The van der Waals surface area contributed by atoms with Gasteiger partial charge in [0, 0.05) is 0 Å². The van der Waals surface area contributed by atoms with Crippen LogP contribution in [-0.4, -0.2) is 4.98 Å². The average Bonchev–Trinajstić information content (AvgIpc) is 3.14. The maximum Gasteiger partial charge on any atom is 0.241 e. The molecule has 2 heteroatoms. The number of rotatable bonds is 16. The molecule has 0 bridgehead atoms. The van der Waals surface area contributed by atoms with Gasteiger partial charge in [-0.25, -0.2) is 4.57 Å². The SMILES string of the molecule is CCCCCCC(CCCCCC)(CCCCCC)[n+]1cc[nH]c1. The smallest absolute Gasteiger partial charge is 0.241 e. The summed E-state index contributed by atoms with van der Waals surface area (Å²) in [6.07, 6.45) is 27.1. The highest BCUT2D eigenvalue weighted by atomic mass is 15.1. The zero-order chi connectivity index (χ0) is 17.5. The standard InChI is InChI=1S/C22H42N2/c1-4-7-10-13-16-22(17-14-11-8-5-2,18-15-12-9-6-3)24-20-19-23-21-24/h19-21H,4-18H2,1-3H3/p+1. The summed E-state index contributed by atoms with van der Waals surface area (Å²) in [4.78, 5) is 3.30. The lowest BCUT2D eigenvalue weighted by Gasteiger charge is -2.31. The lowest BCUT2D eigenvalue weighted by Crippen LogP contribution is -2.55. The second-order valence-corrected chi connectivity index (χ2v) is 7.68. The van der Waals surface area contributed by atoms with E-state index in [1.807, 2.05) is 0 Å². The van der Waals surface area contributed by atoms with Gasteiger partial charge in [-0.15, -0.1) is 0 Å². The Hall–Kier alpha value is -0.790. The summed E-state index contributed by atoms with van der Waals surface area (Å²) in [6, 6.07) is 0. The maximum absolute atomic E-state index is 3.30. The summed E-state index contributed by atoms with van der Waals surface area (Å²) in [5.74, 6) is 0. The molecule has 140 valence electrons. The van der Waals surface area contributed by atoms with Crippen LogP contribution in [0.25, 0.3) is 0 Å². The first-order valence-corrected chi connectivity index (χ1v) is 10.8. The molecule has 2 nitrogen and oxygen atoms in total. The third-order valence-corrected chi connectivity index (χ3v) is 5.58. The number of H-pyrrole nitrogens is 1. The largest absolute Gasteiger partial charge is 0.250 e. The maximum atomic E-state index is 3.30. The minimum Gasteiger partial charge on any atom is -0.250 e. The fourth-order valence-corrected chi connectivity index (χ4v) is 3.99. The molecule has 0 spiro atoms. The third kappa shape index (κ3) is 7.85. The van der Waals surface area contributed by atoms with Crippen molar-refractivity contribution >= 4 is 0 Å². The molecule has 1 heterocycles. The zero-order valence-corrected chi connectivity index (χ0v) is 16.8. The van der Waals surface area contributed by atoms with Gasteiger partial charge in [-0.2, -0.15) is 0 Å². The van der Waals surface area contributed by atoms with Gasteiger partial charge in [-0.3, -0.25) is 4.98 Å². The molecule has 1 aromatic rings. The molecule has 0 saturated heterocycles. The van der Waals surface area contributed by atoms with Crippen LogP contribution >= 0.6 is 0 Å². The highest BCUT2D eigenvalue weighted by Crippen LogP contribution is 2.31. The van der Waals surface area contributed by atoms with Crippen LogP contribution < -0.4 is 4.57 Å². The first-order valence-electron chi connectivity index (χ1n) is 10.8. The van der Waals surface area contributed by atoms with Gasteiger partial charge in [0.1, 0.15) is 17.9 Å². The van der Waals surface area contributed by atoms with Crippen LogP contribution in [0.5, 0.6) is 0 Å². The Bertz CT molecular complexity index is 338. The van der Waals surface area contributed by atoms with Crippen LogP contribution in [0.3, 0.4) is 0 Å². The molecule has 1 N–H and O–H groups in total. The first-order chi connectivity index (χ1) is 11.8. The summed E-state index contributed by atoms with van der Waals surface area (Å²) in [6.45, 7) is 6.93. The summed E-state index contributed by atoms with van der Waals surface area (Å²) >= 11 is 0. The molecule has 0 aliphatic rings. The minimum atomic E-state index is 0.356. The van der Waals surface area contributed by atoms with E-state index >= 15 is 0 Å². The Balaban J connectivity index is 2.72. The van der Waals surface area contributed by atoms with Crippen LogP contribution in [0.2, 0.25) is 0 Å². The topological polar surface area (TPSA) is 19.7 Å². The fourth-order valence-electron chi connectivity index (χ4n) is 3.99. The van der Waals surface area contributed by atoms with E-state index in [0.29, 0.717) is 5.54 Å². The number of imidazole rings is 1. The van der Waals surface area contributed by atoms with Crippen molar-refractivity contribution in [1.29, 1.82) is 0 Å². The van der Waals surface area contributed by atoms with Gasteiger partial charge in [-0.1, -0.05) is 78.6 Å². The lowest BCUT2D eigenvalue weighted by molar-refractivity contribution is -0.767. The summed E-state index contributed by atoms with van der Waals surface area (Å²) in [5, 5.41) is 0. The normalized spacial score (nSPS) is 12.0. The third-order valence-electron chi connectivity index (χ3n) is 5.58. The Morgan fingerprint density at radius 1 is 0.667 bits per heavy atom. The van der Waals surface area contributed by atoms with Crippen molar-refractivity contribution < 1.29 is 4.57 Å². The van der Waals surface area contributed by atoms with Crippen molar-refractivity contribution in [2.75, 3.05) is 0 Å². The van der Waals surface area contributed by atoms with Crippen molar-refractivity contribution in [3.8, 4) is 0 Å². The lowest BCUT2D eigenvalue weighted by atomic mass is 9.81. The zero-order valence-electron chi connectivity index (χ0n) is 16.8. The van der Waals surface area contributed by atoms with Crippen molar-refractivity contribution in [3.63, 3.8) is 0 Å². The van der Waals surface area contributed by atoms with Gasteiger partial charge in [0.25, 0.3) is 0 Å². The molecule has 0 aliphatic heterocycles. The number of hydrogen-bond acceptors (Lipinski definition) is 0. The molecule has 0 unspecified atom stereocenters. The van der Waals surface area contributed by atoms with E-state index in [0.717, 1.165) is 0 Å². The van der Waals surface area contributed by atoms with Gasteiger partial charge in [0.2, 0.25) is 6.33 Å². The van der Waals surface area contributed by atoms with Gasteiger partial charge >= 0.3 is 0 Å². The van der Waals surface area contributed by atoms with E-state index in [2.05, 4.69) is 49.0 Å². The number of hydrogen-bond donors (Lipinski definition) is 1.